The number of anilines is 1. The lowest BCUT2D eigenvalue weighted by atomic mass is 10.0. The number of nitrogens with zero attached hydrogens (tertiary/aromatic N) is 2. The number of benzene rings is 1. The minimum atomic E-state index is 0.297. The van der Waals surface area contributed by atoms with Crippen molar-refractivity contribution >= 4 is 5.69 Å². The molecule has 0 aliphatic carbocycles. The Morgan fingerprint density at radius 2 is 2.06 bits per heavy atom. The number of hydrogen-bond donors (Lipinski definition) is 1. The van der Waals surface area contributed by atoms with Gasteiger partial charge in [-0.1, -0.05) is 24.3 Å². The minimum Gasteiger partial charge on any atom is -0.376 e. The molecule has 0 amide bonds. The largest absolute Gasteiger partial charge is 0.376 e. The lowest BCUT2D eigenvalue weighted by molar-refractivity contribution is 0.767. The van der Waals surface area contributed by atoms with Crippen molar-refractivity contribution in [3.8, 4) is 0 Å². The van der Waals surface area contributed by atoms with Gasteiger partial charge in [0.25, 0.3) is 0 Å². The molecule has 0 fully saturated rings. The van der Waals surface area contributed by atoms with Gasteiger partial charge < -0.3 is 5.32 Å². The molecule has 0 saturated heterocycles. The maximum absolute atomic E-state index is 4.14. The van der Waals surface area contributed by atoms with Crippen LogP contribution in [-0.4, -0.2) is 9.78 Å². The molecule has 0 spiro atoms. The molecule has 1 N–H and O–H groups in total. The van der Waals surface area contributed by atoms with Gasteiger partial charge in [0.05, 0.1) is 11.9 Å². The highest BCUT2D eigenvalue weighted by Crippen LogP contribution is 2.21. The molecule has 0 saturated carbocycles. The molecule has 0 aliphatic heterocycles. The minimum absolute atomic E-state index is 0.297. The van der Waals surface area contributed by atoms with E-state index in [1.807, 2.05) is 19.4 Å². The number of aromatic nitrogens is 2. The summed E-state index contributed by atoms with van der Waals surface area (Å²) in [4.78, 5) is 0. The summed E-state index contributed by atoms with van der Waals surface area (Å²) in [5, 5.41) is 7.58. The summed E-state index contributed by atoms with van der Waals surface area (Å²) in [6, 6.07) is 8.73. The highest BCUT2D eigenvalue weighted by Gasteiger charge is 2.07. The first-order valence-corrected chi connectivity index (χ1v) is 5.47. The molecule has 16 heavy (non-hydrogen) atoms. The van der Waals surface area contributed by atoms with Gasteiger partial charge in [0.15, 0.2) is 0 Å². The second-order valence-electron chi connectivity index (χ2n) is 4.13. The van der Waals surface area contributed by atoms with E-state index >= 15 is 0 Å². The van der Waals surface area contributed by atoms with E-state index in [1.54, 1.807) is 4.68 Å². The molecule has 84 valence electrons. The molecule has 2 aromatic rings. The van der Waals surface area contributed by atoms with Crippen LogP contribution in [0.3, 0.4) is 0 Å². The van der Waals surface area contributed by atoms with Gasteiger partial charge in [-0.05, 0) is 25.0 Å². The van der Waals surface area contributed by atoms with E-state index in [-0.39, 0.29) is 0 Å². The summed E-state index contributed by atoms with van der Waals surface area (Å²) >= 11 is 0. The average Bonchev–Trinajstić information content (AvgIpc) is 2.64. The predicted octanol–water partition coefficient (Wildman–Crippen LogP) is 2.90. The smallest absolute Gasteiger partial charge is 0.0731 e. The molecule has 0 bridgehead atoms. The van der Waals surface area contributed by atoms with Crippen LogP contribution in [0.25, 0.3) is 0 Å². The van der Waals surface area contributed by atoms with Gasteiger partial charge in [0.2, 0.25) is 0 Å². The Bertz CT molecular complexity index is 474. The molecular formula is C13H17N3. The van der Waals surface area contributed by atoms with Crippen molar-refractivity contribution in [3.63, 3.8) is 0 Å². The molecule has 0 radical (unpaired) electrons. The first kappa shape index (κ1) is 10.7. The van der Waals surface area contributed by atoms with Crippen molar-refractivity contribution in [1.82, 2.24) is 9.78 Å². The first-order valence-electron chi connectivity index (χ1n) is 5.47. The van der Waals surface area contributed by atoms with E-state index in [0.29, 0.717) is 6.04 Å². The topological polar surface area (TPSA) is 29.9 Å². The zero-order chi connectivity index (χ0) is 11.5. The van der Waals surface area contributed by atoms with Crippen LogP contribution >= 0.6 is 0 Å². The Kier molecular flexibility index (Phi) is 2.95. The molecule has 2 rings (SSSR count). The Morgan fingerprint density at radius 1 is 1.31 bits per heavy atom. The Morgan fingerprint density at radius 3 is 2.69 bits per heavy atom. The quantitative estimate of drug-likeness (QED) is 0.853. The lowest BCUT2D eigenvalue weighted by Crippen LogP contribution is -2.07. The standard InChI is InChI=1S/C13H17N3/c1-10-6-4-5-7-13(10)11(2)15-12-8-14-16(3)9-12/h4-9,11,15H,1-3H3. The third kappa shape index (κ3) is 2.24. The van der Waals surface area contributed by atoms with Gasteiger partial charge in [0, 0.05) is 19.3 Å². The normalized spacial score (nSPS) is 12.4. The van der Waals surface area contributed by atoms with E-state index < -0.39 is 0 Å². The molecule has 3 heteroatoms. The van der Waals surface area contributed by atoms with Crippen molar-refractivity contribution in [2.45, 2.75) is 19.9 Å². The van der Waals surface area contributed by atoms with E-state index in [9.17, 15) is 0 Å². The Labute approximate surface area is 96.1 Å². The molecular weight excluding hydrogens is 198 g/mol. The number of rotatable bonds is 3. The highest BCUT2D eigenvalue weighted by molar-refractivity contribution is 5.42. The summed E-state index contributed by atoms with van der Waals surface area (Å²) in [5.41, 5.74) is 3.69. The molecule has 0 aliphatic rings. The first-order chi connectivity index (χ1) is 7.66. The fourth-order valence-electron chi connectivity index (χ4n) is 1.90. The second-order valence-corrected chi connectivity index (χ2v) is 4.13. The SMILES string of the molecule is Cc1ccccc1C(C)Nc1cnn(C)c1. The van der Waals surface area contributed by atoms with E-state index in [1.165, 1.54) is 11.1 Å². The molecule has 1 heterocycles. The van der Waals surface area contributed by atoms with Crippen LogP contribution in [0.1, 0.15) is 24.1 Å². The summed E-state index contributed by atoms with van der Waals surface area (Å²) in [5.74, 6) is 0. The van der Waals surface area contributed by atoms with Gasteiger partial charge in [-0.3, -0.25) is 4.68 Å². The summed E-state index contributed by atoms with van der Waals surface area (Å²) in [6.07, 6.45) is 3.82. The Hall–Kier alpha value is -1.77. The monoisotopic (exact) mass is 215 g/mol. The average molecular weight is 215 g/mol. The van der Waals surface area contributed by atoms with Crippen LogP contribution in [-0.2, 0) is 7.05 Å². The number of nitrogens with one attached hydrogen (secondary N) is 1. The fourth-order valence-corrected chi connectivity index (χ4v) is 1.90. The number of hydrogen-bond acceptors (Lipinski definition) is 2. The Balaban J connectivity index is 2.14. The lowest BCUT2D eigenvalue weighted by Gasteiger charge is -2.16. The van der Waals surface area contributed by atoms with Gasteiger partial charge in [-0.2, -0.15) is 5.10 Å². The third-order valence-electron chi connectivity index (χ3n) is 2.74. The van der Waals surface area contributed by atoms with Crippen LogP contribution in [0, 0.1) is 6.92 Å². The van der Waals surface area contributed by atoms with E-state index in [4.69, 9.17) is 0 Å². The van der Waals surface area contributed by atoms with Gasteiger partial charge >= 0.3 is 0 Å². The van der Waals surface area contributed by atoms with Gasteiger partial charge in [-0.15, -0.1) is 0 Å². The van der Waals surface area contributed by atoms with Crippen molar-refractivity contribution in [2.24, 2.45) is 7.05 Å². The highest BCUT2D eigenvalue weighted by atomic mass is 15.3. The van der Waals surface area contributed by atoms with Gasteiger partial charge in [-0.25, -0.2) is 0 Å². The van der Waals surface area contributed by atoms with E-state index in [0.717, 1.165) is 5.69 Å². The van der Waals surface area contributed by atoms with Crippen LogP contribution in [0.5, 0.6) is 0 Å². The summed E-state index contributed by atoms with van der Waals surface area (Å²) in [6.45, 7) is 4.30. The zero-order valence-electron chi connectivity index (χ0n) is 9.94. The zero-order valence-corrected chi connectivity index (χ0v) is 9.94. The molecule has 1 unspecified atom stereocenters. The van der Waals surface area contributed by atoms with Crippen molar-refractivity contribution in [1.29, 1.82) is 0 Å². The molecule has 1 atom stereocenters. The second kappa shape index (κ2) is 4.39. The van der Waals surface area contributed by atoms with Crippen molar-refractivity contribution < 1.29 is 0 Å². The van der Waals surface area contributed by atoms with Crippen LogP contribution in [0.15, 0.2) is 36.7 Å². The van der Waals surface area contributed by atoms with Crippen LogP contribution in [0.2, 0.25) is 0 Å². The van der Waals surface area contributed by atoms with Crippen LogP contribution in [0.4, 0.5) is 5.69 Å². The van der Waals surface area contributed by atoms with Crippen molar-refractivity contribution in [3.05, 3.63) is 47.8 Å². The van der Waals surface area contributed by atoms with Crippen molar-refractivity contribution in [2.75, 3.05) is 5.32 Å². The van der Waals surface area contributed by atoms with Crippen LogP contribution < -0.4 is 5.32 Å². The fraction of sp³-hybridized carbons (Fsp3) is 0.308. The van der Waals surface area contributed by atoms with E-state index in [2.05, 4.69) is 48.5 Å². The molecule has 1 aromatic carbocycles. The summed E-state index contributed by atoms with van der Waals surface area (Å²) < 4.78 is 1.80. The molecule has 3 nitrogen and oxygen atoms in total. The number of aryl methyl sites for hydroxylation is 2. The summed E-state index contributed by atoms with van der Waals surface area (Å²) in [7, 11) is 1.92. The maximum Gasteiger partial charge on any atom is 0.0731 e. The maximum atomic E-state index is 4.14. The van der Waals surface area contributed by atoms with Gasteiger partial charge in [0.1, 0.15) is 0 Å². The third-order valence-corrected chi connectivity index (χ3v) is 2.74. The molecule has 1 aromatic heterocycles. The predicted molar refractivity (Wildman–Crippen MR) is 66.4 cm³/mol.